The molecule has 0 bridgehead atoms. The van der Waals surface area contributed by atoms with Gasteiger partial charge in [-0.15, -0.1) is 0 Å². The van der Waals surface area contributed by atoms with Crippen LogP contribution in [0.5, 0.6) is 0 Å². The van der Waals surface area contributed by atoms with Crippen LogP contribution in [0.4, 0.5) is 0 Å². The predicted octanol–water partition coefficient (Wildman–Crippen LogP) is 2.59. The largest absolute Gasteiger partial charge is 0.263 e. The van der Waals surface area contributed by atoms with Crippen LogP contribution in [0, 0.1) is 0 Å². The van der Waals surface area contributed by atoms with Crippen molar-refractivity contribution in [3.63, 3.8) is 0 Å². The van der Waals surface area contributed by atoms with Crippen molar-refractivity contribution in [1.82, 2.24) is 4.98 Å². The minimum absolute atomic E-state index is 0.431. The Hall–Kier alpha value is -1.25. The van der Waals surface area contributed by atoms with Gasteiger partial charge in [-0.2, -0.15) is 0 Å². The number of azide groups is 1. The van der Waals surface area contributed by atoms with Gasteiger partial charge in [0.1, 0.15) is 0 Å². The SMILES string of the molecule is [N-]=[N+]=NCCc1ccncc1Cl. The van der Waals surface area contributed by atoms with Gasteiger partial charge in [0.2, 0.25) is 0 Å². The van der Waals surface area contributed by atoms with E-state index in [9.17, 15) is 0 Å². The highest BCUT2D eigenvalue weighted by molar-refractivity contribution is 6.31. The Kier molecular flexibility index (Phi) is 3.38. The summed E-state index contributed by atoms with van der Waals surface area (Å²) >= 11 is 5.81. The van der Waals surface area contributed by atoms with Gasteiger partial charge in [-0.3, -0.25) is 4.98 Å². The minimum Gasteiger partial charge on any atom is -0.263 e. The third kappa shape index (κ3) is 2.42. The van der Waals surface area contributed by atoms with Gasteiger partial charge in [-0.1, -0.05) is 16.7 Å². The van der Waals surface area contributed by atoms with Crippen LogP contribution < -0.4 is 0 Å². The summed E-state index contributed by atoms with van der Waals surface area (Å²) in [4.78, 5) is 6.48. The van der Waals surface area contributed by atoms with Crippen LogP contribution in [-0.2, 0) is 6.42 Å². The molecule has 0 aromatic carbocycles. The summed E-state index contributed by atoms with van der Waals surface area (Å²) < 4.78 is 0. The Morgan fingerprint density at radius 1 is 1.67 bits per heavy atom. The fourth-order valence-corrected chi connectivity index (χ4v) is 1.04. The summed E-state index contributed by atoms with van der Waals surface area (Å²) in [5, 5.41) is 4.03. The lowest BCUT2D eigenvalue weighted by Crippen LogP contribution is -1.89. The monoisotopic (exact) mass is 182 g/mol. The van der Waals surface area contributed by atoms with E-state index in [1.165, 1.54) is 0 Å². The average molecular weight is 183 g/mol. The zero-order valence-electron chi connectivity index (χ0n) is 6.31. The van der Waals surface area contributed by atoms with E-state index in [0.29, 0.717) is 18.0 Å². The average Bonchev–Trinajstić information content (AvgIpc) is 2.09. The summed E-state index contributed by atoms with van der Waals surface area (Å²) in [6, 6.07) is 1.81. The van der Waals surface area contributed by atoms with Crippen LogP contribution >= 0.6 is 11.6 Å². The lowest BCUT2D eigenvalue weighted by Gasteiger charge is -1.98. The molecule has 0 atom stereocenters. The first-order valence-corrected chi connectivity index (χ1v) is 3.81. The molecule has 0 saturated carbocycles. The number of hydrogen-bond acceptors (Lipinski definition) is 2. The Morgan fingerprint density at radius 3 is 3.17 bits per heavy atom. The van der Waals surface area contributed by atoms with Crippen LogP contribution in [0.1, 0.15) is 5.56 Å². The van der Waals surface area contributed by atoms with Crippen LogP contribution in [-0.4, -0.2) is 11.5 Å². The fourth-order valence-electron chi connectivity index (χ4n) is 0.822. The third-order valence-corrected chi connectivity index (χ3v) is 1.74. The van der Waals surface area contributed by atoms with Gasteiger partial charge < -0.3 is 0 Å². The number of halogens is 1. The van der Waals surface area contributed by atoms with Crippen molar-refractivity contribution in [2.24, 2.45) is 5.11 Å². The summed E-state index contributed by atoms with van der Waals surface area (Å²) in [5.41, 5.74) is 8.98. The maximum atomic E-state index is 8.03. The molecule has 0 unspecified atom stereocenters. The topological polar surface area (TPSA) is 61.7 Å². The number of rotatable bonds is 3. The third-order valence-electron chi connectivity index (χ3n) is 1.40. The second-order valence-electron chi connectivity index (χ2n) is 2.17. The molecule has 12 heavy (non-hydrogen) atoms. The lowest BCUT2D eigenvalue weighted by molar-refractivity contribution is 0.952. The van der Waals surface area contributed by atoms with Crippen LogP contribution in [0.25, 0.3) is 10.4 Å². The molecule has 0 aliphatic carbocycles. The highest BCUT2D eigenvalue weighted by Crippen LogP contribution is 2.13. The van der Waals surface area contributed by atoms with Crippen molar-refractivity contribution in [2.45, 2.75) is 6.42 Å². The Bertz CT molecular complexity index is 306. The molecule has 0 spiro atoms. The molecule has 4 nitrogen and oxygen atoms in total. The second kappa shape index (κ2) is 4.59. The molecule has 1 heterocycles. The Balaban J connectivity index is 2.62. The summed E-state index contributed by atoms with van der Waals surface area (Å²) in [5.74, 6) is 0. The molecule has 0 fully saturated rings. The van der Waals surface area contributed by atoms with Crippen LogP contribution in [0.15, 0.2) is 23.6 Å². The van der Waals surface area contributed by atoms with Gasteiger partial charge >= 0.3 is 0 Å². The molecule has 5 heteroatoms. The second-order valence-corrected chi connectivity index (χ2v) is 2.58. The van der Waals surface area contributed by atoms with E-state index < -0.39 is 0 Å². The minimum atomic E-state index is 0.431. The molecule has 1 aromatic heterocycles. The van der Waals surface area contributed by atoms with E-state index in [1.807, 2.05) is 6.07 Å². The summed E-state index contributed by atoms with van der Waals surface area (Å²) in [6.45, 7) is 0.431. The lowest BCUT2D eigenvalue weighted by atomic mass is 10.2. The van der Waals surface area contributed by atoms with Crippen molar-refractivity contribution >= 4 is 11.6 Å². The number of pyridine rings is 1. The summed E-state index contributed by atoms with van der Waals surface area (Å²) in [7, 11) is 0. The predicted molar refractivity (Wildman–Crippen MR) is 47.0 cm³/mol. The molecule has 0 aliphatic rings. The van der Waals surface area contributed by atoms with Gasteiger partial charge in [0.25, 0.3) is 0 Å². The van der Waals surface area contributed by atoms with Gasteiger partial charge in [0.05, 0.1) is 5.02 Å². The van der Waals surface area contributed by atoms with Gasteiger partial charge in [0.15, 0.2) is 0 Å². The number of nitrogens with zero attached hydrogens (tertiary/aromatic N) is 4. The standard InChI is InChI=1S/C7H7ClN4/c8-7-5-10-3-1-6(7)2-4-11-12-9/h1,3,5H,2,4H2. The molecule has 1 rings (SSSR count). The molecule has 0 amide bonds. The Morgan fingerprint density at radius 2 is 2.50 bits per heavy atom. The molecular formula is C7H7ClN4. The van der Waals surface area contributed by atoms with Crippen molar-refractivity contribution in [3.8, 4) is 0 Å². The van der Waals surface area contributed by atoms with Crippen LogP contribution in [0.2, 0.25) is 5.02 Å². The highest BCUT2D eigenvalue weighted by atomic mass is 35.5. The summed E-state index contributed by atoms with van der Waals surface area (Å²) in [6.07, 6.45) is 3.90. The van der Waals surface area contributed by atoms with E-state index in [1.54, 1.807) is 12.4 Å². The van der Waals surface area contributed by atoms with E-state index in [2.05, 4.69) is 15.0 Å². The maximum absolute atomic E-state index is 8.03. The van der Waals surface area contributed by atoms with Crippen molar-refractivity contribution in [1.29, 1.82) is 0 Å². The highest BCUT2D eigenvalue weighted by Gasteiger charge is 1.96. The van der Waals surface area contributed by atoms with E-state index >= 15 is 0 Å². The molecule has 0 aliphatic heterocycles. The first-order valence-electron chi connectivity index (χ1n) is 3.44. The van der Waals surface area contributed by atoms with Gasteiger partial charge in [-0.25, -0.2) is 0 Å². The van der Waals surface area contributed by atoms with Gasteiger partial charge in [-0.05, 0) is 23.6 Å². The zero-order chi connectivity index (χ0) is 8.81. The van der Waals surface area contributed by atoms with Gasteiger partial charge in [0, 0.05) is 23.9 Å². The smallest absolute Gasteiger partial charge is 0.0621 e. The van der Waals surface area contributed by atoms with E-state index in [4.69, 9.17) is 17.1 Å². The first-order chi connectivity index (χ1) is 5.84. The Labute approximate surface area is 74.8 Å². The number of hydrogen-bond donors (Lipinski definition) is 0. The molecule has 0 N–H and O–H groups in total. The fraction of sp³-hybridized carbons (Fsp3) is 0.286. The number of aromatic nitrogens is 1. The molecule has 0 saturated heterocycles. The molecule has 1 aromatic rings. The van der Waals surface area contributed by atoms with E-state index in [-0.39, 0.29) is 0 Å². The van der Waals surface area contributed by atoms with E-state index in [0.717, 1.165) is 5.56 Å². The molecule has 0 radical (unpaired) electrons. The van der Waals surface area contributed by atoms with Crippen molar-refractivity contribution in [3.05, 3.63) is 39.5 Å². The maximum Gasteiger partial charge on any atom is 0.0621 e. The van der Waals surface area contributed by atoms with Crippen molar-refractivity contribution in [2.75, 3.05) is 6.54 Å². The van der Waals surface area contributed by atoms with Crippen LogP contribution in [0.3, 0.4) is 0 Å². The normalized spacial score (nSPS) is 9.08. The first kappa shape index (κ1) is 8.84. The van der Waals surface area contributed by atoms with Crippen molar-refractivity contribution < 1.29 is 0 Å². The quantitative estimate of drug-likeness (QED) is 0.403. The zero-order valence-corrected chi connectivity index (χ0v) is 7.07. The molecule has 62 valence electrons. The molecular weight excluding hydrogens is 176 g/mol.